The summed E-state index contributed by atoms with van der Waals surface area (Å²) in [7, 11) is 0. The molecule has 172 valence electrons. The summed E-state index contributed by atoms with van der Waals surface area (Å²) in [6.45, 7) is 6.87. The van der Waals surface area contributed by atoms with Crippen molar-refractivity contribution < 1.29 is 23.9 Å². The molecular formula is C25H30ClNO5. The van der Waals surface area contributed by atoms with Crippen molar-refractivity contribution in [2.24, 2.45) is 17.6 Å². The highest BCUT2D eigenvalue weighted by atomic mass is 35.5. The van der Waals surface area contributed by atoms with Crippen LogP contribution >= 0.6 is 11.6 Å². The number of Topliss-reactive ketones (excluding diaryl/α,β-unsaturated/α-hetero) is 1. The van der Waals surface area contributed by atoms with Gasteiger partial charge in [-0.25, -0.2) is 0 Å². The topological polar surface area (TPSA) is 95.7 Å². The van der Waals surface area contributed by atoms with Gasteiger partial charge in [0.15, 0.2) is 11.7 Å². The molecule has 0 bridgehead atoms. The first-order chi connectivity index (χ1) is 15.0. The maximum atomic E-state index is 13.0. The lowest BCUT2D eigenvalue weighted by atomic mass is 9.94. The molecule has 7 heteroatoms. The van der Waals surface area contributed by atoms with Crippen molar-refractivity contribution in [2.75, 3.05) is 6.54 Å². The summed E-state index contributed by atoms with van der Waals surface area (Å²) >= 11 is 6.08. The van der Waals surface area contributed by atoms with E-state index in [0.29, 0.717) is 11.4 Å². The molecule has 0 spiro atoms. The Balaban J connectivity index is 2.23. The van der Waals surface area contributed by atoms with Crippen LogP contribution in [-0.2, 0) is 20.7 Å². The predicted octanol–water partition coefficient (Wildman–Crippen LogP) is 4.61. The van der Waals surface area contributed by atoms with Gasteiger partial charge in [-0.1, -0.05) is 48.9 Å². The lowest BCUT2D eigenvalue weighted by molar-refractivity contribution is -0.168. The molecule has 2 unspecified atom stereocenters. The second kappa shape index (κ2) is 11.2. The van der Waals surface area contributed by atoms with Gasteiger partial charge < -0.3 is 15.2 Å². The summed E-state index contributed by atoms with van der Waals surface area (Å²) in [5, 5.41) is 0.299. The molecule has 2 rings (SSSR count). The summed E-state index contributed by atoms with van der Waals surface area (Å²) in [5.41, 5.74) is 6.18. The molecule has 0 aliphatic carbocycles. The third-order valence-corrected chi connectivity index (χ3v) is 5.03. The van der Waals surface area contributed by atoms with Gasteiger partial charge in [-0.05, 0) is 57.4 Å². The summed E-state index contributed by atoms with van der Waals surface area (Å²) in [5.74, 6) is -3.50. The van der Waals surface area contributed by atoms with Crippen molar-refractivity contribution in [1.29, 1.82) is 0 Å². The van der Waals surface area contributed by atoms with Crippen LogP contribution in [0.3, 0.4) is 0 Å². The number of esters is 2. The third-order valence-electron chi connectivity index (χ3n) is 4.79. The number of hydrogen-bond donors (Lipinski definition) is 1. The fourth-order valence-electron chi connectivity index (χ4n) is 3.08. The van der Waals surface area contributed by atoms with Crippen LogP contribution in [0, 0.1) is 11.8 Å². The van der Waals surface area contributed by atoms with Crippen LogP contribution in [0.25, 0.3) is 0 Å². The molecule has 2 atom stereocenters. The van der Waals surface area contributed by atoms with Gasteiger partial charge in [0.05, 0.1) is 5.56 Å². The Morgan fingerprint density at radius 2 is 1.69 bits per heavy atom. The molecule has 0 aliphatic heterocycles. The Labute approximate surface area is 194 Å². The second-order valence-corrected chi connectivity index (χ2v) is 9.13. The number of aryl methyl sites for hydroxylation is 1. The lowest BCUT2D eigenvalue weighted by Gasteiger charge is -2.25. The quantitative estimate of drug-likeness (QED) is 0.254. The first-order valence-electron chi connectivity index (χ1n) is 10.5. The largest absolute Gasteiger partial charge is 0.459 e. The molecule has 0 heterocycles. The van der Waals surface area contributed by atoms with Crippen LogP contribution in [0.5, 0.6) is 5.75 Å². The molecule has 0 aromatic heterocycles. The Morgan fingerprint density at radius 3 is 2.28 bits per heavy atom. The summed E-state index contributed by atoms with van der Waals surface area (Å²) < 4.78 is 10.9. The second-order valence-electron chi connectivity index (χ2n) is 8.69. The number of carbonyl (C=O) groups is 3. The van der Waals surface area contributed by atoms with Gasteiger partial charge in [0.25, 0.3) is 0 Å². The van der Waals surface area contributed by atoms with Crippen molar-refractivity contribution in [3.8, 4) is 5.75 Å². The molecular weight excluding hydrogens is 430 g/mol. The van der Waals surface area contributed by atoms with Crippen molar-refractivity contribution >= 4 is 29.3 Å². The van der Waals surface area contributed by atoms with Crippen LogP contribution in [0.15, 0.2) is 48.5 Å². The molecule has 0 saturated carbocycles. The lowest BCUT2D eigenvalue weighted by Crippen LogP contribution is -2.40. The van der Waals surface area contributed by atoms with Crippen molar-refractivity contribution in [3.63, 3.8) is 0 Å². The maximum Gasteiger partial charge on any atom is 0.326 e. The van der Waals surface area contributed by atoms with E-state index >= 15 is 0 Å². The molecule has 2 aromatic carbocycles. The van der Waals surface area contributed by atoms with E-state index in [1.807, 2.05) is 30.3 Å². The predicted molar refractivity (Wildman–Crippen MR) is 124 cm³/mol. The number of halogens is 1. The number of hydrogen-bond acceptors (Lipinski definition) is 6. The van der Waals surface area contributed by atoms with E-state index in [0.717, 1.165) is 5.56 Å². The van der Waals surface area contributed by atoms with Crippen molar-refractivity contribution in [3.05, 3.63) is 64.7 Å². The van der Waals surface area contributed by atoms with Gasteiger partial charge >= 0.3 is 11.9 Å². The fourth-order valence-corrected chi connectivity index (χ4v) is 3.24. The van der Waals surface area contributed by atoms with Gasteiger partial charge in [-0.15, -0.1) is 0 Å². The molecule has 0 fully saturated rings. The molecule has 32 heavy (non-hydrogen) atoms. The highest BCUT2D eigenvalue weighted by molar-refractivity contribution is 6.31. The van der Waals surface area contributed by atoms with E-state index in [4.69, 9.17) is 26.8 Å². The molecule has 0 saturated heterocycles. The molecule has 2 aromatic rings. The average molecular weight is 460 g/mol. The monoisotopic (exact) mass is 459 g/mol. The van der Waals surface area contributed by atoms with E-state index in [2.05, 4.69) is 0 Å². The van der Waals surface area contributed by atoms with Crippen molar-refractivity contribution in [1.82, 2.24) is 0 Å². The van der Waals surface area contributed by atoms with Crippen LogP contribution in [-0.4, -0.2) is 29.9 Å². The molecule has 6 nitrogen and oxygen atoms in total. The fraction of sp³-hybridized carbons (Fsp3) is 0.400. The third kappa shape index (κ3) is 7.46. The number of ketones is 1. The standard InChI is InChI=1S/C25H30ClNO5/c1-16(15-27)22(24(30)32-25(2,3)4)23(29)31-21-14-18(26)11-12-19(21)20(28)13-10-17-8-6-5-7-9-17/h5-9,11-12,14,16,22H,10,13,15,27H2,1-4H3. The van der Waals surface area contributed by atoms with Crippen LogP contribution in [0.1, 0.15) is 50.0 Å². The Bertz CT molecular complexity index is 953. The zero-order valence-corrected chi connectivity index (χ0v) is 19.6. The zero-order valence-electron chi connectivity index (χ0n) is 18.9. The van der Waals surface area contributed by atoms with Crippen LogP contribution < -0.4 is 10.5 Å². The number of ether oxygens (including phenoxy) is 2. The minimum atomic E-state index is -1.23. The number of carbonyl (C=O) groups excluding carboxylic acids is 3. The van der Waals surface area contributed by atoms with Gasteiger partial charge in [-0.3, -0.25) is 14.4 Å². The van der Waals surface area contributed by atoms with E-state index in [9.17, 15) is 14.4 Å². The summed E-state index contributed by atoms with van der Waals surface area (Å²) in [6, 6.07) is 14.1. The summed E-state index contributed by atoms with van der Waals surface area (Å²) in [6.07, 6.45) is 0.769. The van der Waals surface area contributed by atoms with Gasteiger partial charge in [-0.2, -0.15) is 0 Å². The molecule has 0 aliphatic rings. The summed E-state index contributed by atoms with van der Waals surface area (Å²) in [4.78, 5) is 38.5. The minimum Gasteiger partial charge on any atom is -0.459 e. The normalized spacial score (nSPS) is 13.2. The van der Waals surface area contributed by atoms with Crippen molar-refractivity contribution in [2.45, 2.75) is 46.1 Å². The number of benzene rings is 2. The molecule has 2 N–H and O–H groups in total. The van der Waals surface area contributed by atoms with Gasteiger partial charge in [0, 0.05) is 17.5 Å². The Hall–Kier alpha value is -2.70. The first kappa shape index (κ1) is 25.6. The van der Waals surface area contributed by atoms with E-state index in [-0.39, 0.29) is 30.1 Å². The van der Waals surface area contributed by atoms with Gasteiger partial charge in [0.1, 0.15) is 11.4 Å². The van der Waals surface area contributed by atoms with Gasteiger partial charge in [0.2, 0.25) is 0 Å². The smallest absolute Gasteiger partial charge is 0.326 e. The number of rotatable bonds is 9. The SMILES string of the molecule is CC(CN)C(C(=O)Oc1cc(Cl)ccc1C(=O)CCc1ccccc1)C(=O)OC(C)(C)C. The van der Waals surface area contributed by atoms with E-state index in [1.54, 1.807) is 33.8 Å². The highest BCUT2D eigenvalue weighted by Crippen LogP contribution is 2.28. The zero-order chi connectivity index (χ0) is 23.9. The highest BCUT2D eigenvalue weighted by Gasteiger charge is 2.37. The molecule has 0 amide bonds. The average Bonchev–Trinajstić information content (AvgIpc) is 2.71. The number of nitrogens with two attached hydrogens (primary N) is 1. The van der Waals surface area contributed by atoms with Crippen LogP contribution in [0.2, 0.25) is 5.02 Å². The molecule has 0 radical (unpaired) electrons. The Morgan fingerprint density at radius 1 is 1.03 bits per heavy atom. The van der Waals surface area contributed by atoms with E-state index < -0.39 is 29.4 Å². The Kier molecular flexibility index (Phi) is 8.99. The first-order valence-corrected chi connectivity index (χ1v) is 10.9. The maximum absolute atomic E-state index is 13.0. The van der Waals surface area contributed by atoms with E-state index in [1.165, 1.54) is 12.1 Å². The minimum absolute atomic E-state index is 0.0124. The van der Waals surface area contributed by atoms with Crippen LogP contribution in [0.4, 0.5) is 0 Å².